The molecular formula is C13H20ClF2N2O13P3. The van der Waals surface area contributed by atoms with E-state index in [1.165, 1.54) is 0 Å². The van der Waals surface area contributed by atoms with Crippen molar-refractivity contribution in [2.75, 3.05) is 6.67 Å². The second-order valence-corrected chi connectivity index (χ2v) is 12.5. The number of phosphoric ester groups is 1. The van der Waals surface area contributed by atoms with E-state index in [4.69, 9.17) is 30.6 Å². The standard InChI is InChI=1S/C13H20ClF2N2O13P3/c1-6-17-10(20)7(16)4-18(6)11-13(14,5-15)8(19)9(28-11)12(2,3)29-33(24,25)31-34(26,27)30-32(21,22)23/h4,8-9,11,19H,1,5H2,2-3H3,(H,17,20)(H,24,25)(H,26,27)(H2,21,22,23)/t8-,9-,11+,13?/m0/s1. The highest BCUT2D eigenvalue weighted by Crippen LogP contribution is 2.67. The molecule has 6 N–H and O–H groups in total. The van der Waals surface area contributed by atoms with E-state index >= 15 is 0 Å². The monoisotopic (exact) mass is 578 g/mol. The lowest BCUT2D eigenvalue weighted by molar-refractivity contribution is -0.129. The van der Waals surface area contributed by atoms with Crippen molar-refractivity contribution in [2.45, 2.75) is 42.8 Å². The van der Waals surface area contributed by atoms with Gasteiger partial charge in [-0.3, -0.25) is 9.32 Å². The summed E-state index contributed by atoms with van der Waals surface area (Å²) in [6, 6.07) is 0. The Morgan fingerprint density at radius 1 is 1.26 bits per heavy atom. The molecule has 0 spiro atoms. The number of halogens is 3. The molecule has 1 fully saturated rings. The number of rotatable bonds is 9. The molecule has 15 nitrogen and oxygen atoms in total. The van der Waals surface area contributed by atoms with Gasteiger partial charge in [0, 0.05) is 6.20 Å². The molecule has 0 aromatic carbocycles. The molecule has 0 bridgehead atoms. The molecular weight excluding hydrogens is 559 g/mol. The summed E-state index contributed by atoms with van der Waals surface area (Å²) in [6.07, 6.45) is -5.10. The highest BCUT2D eigenvalue weighted by Gasteiger charge is 2.63. The Balaban J connectivity index is 2.32. The fraction of sp³-hybridized carbons (Fsp3) is 0.615. The molecule has 2 rings (SSSR count). The minimum absolute atomic E-state index is 0.326. The molecule has 6 atom stereocenters. The number of hydrogen-bond donors (Lipinski definition) is 6. The Morgan fingerprint density at radius 3 is 2.32 bits per heavy atom. The maximum absolute atomic E-state index is 14.0. The number of alkyl halides is 2. The normalized spacial score (nSPS) is 32.1. The van der Waals surface area contributed by atoms with Crippen LogP contribution < -0.4 is 5.32 Å². The number of carbonyl (C=O) groups excluding carboxylic acids is 1. The number of aliphatic hydroxyl groups is 1. The molecule has 2 heterocycles. The van der Waals surface area contributed by atoms with E-state index in [-0.39, 0.29) is 5.82 Å². The average molecular weight is 579 g/mol. The van der Waals surface area contributed by atoms with Crippen molar-refractivity contribution in [2.24, 2.45) is 0 Å². The minimum Gasteiger partial charge on any atom is -0.388 e. The summed E-state index contributed by atoms with van der Waals surface area (Å²) < 4.78 is 79.7. The van der Waals surface area contributed by atoms with Gasteiger partial charge in [0.05, 0.1) is 0 Å². The van der Waals surface area contributed by atoms with E-state index in [2.05, 4.69) is 15.2 Å². The summed E-state index contributed by atoms with van der Waals surface area (Å²) in [4.78, 5) is 46.0. The first-order valence-corrected chi connectivity index (χ1v) is 13.6. The van der Waals surface area contributed by atoms with Crippen LogP contribution in [0.15, 0.2) is 24.4 Å². The summed E-state index contributed by atoms with van der Waals surface area (Å²) in [5.41, 5.74) is -2.21. The molecule has 0 radical (unpaired) electrons. The van der Waals surface area contributed by atoms with Gasteiger partial charge in [0.15, 0.2) is 6.23 Å². The van der Waals surface area contributed by atoms with Crippen molar-refractivity contribution in [3.63, 3.8) is 0 Å². The fourth-order valence-corrected chi connectivity index (χ4v) is 6.69. The Kier molecular flexibility index (Phi) is 8.32. The zero-order chi connectivity index (χ0) is 26.5. The molecule has 0 aliphatic carbocycles. The third kappa shape index (κ3) is 6.51. The number of nitrogens with zero attached hydrogens (tertiary/aromatic N) is 1. The molecule has 3 unspecified atom stereocenters. The van der Waals surface area contributed by atoms with Crippen LogP contribution in [0, 0.1) is 0 Å². The maximum atomic E-state index is 14.0. The van der Waals surface area contributed by atoms with Crippen LogP contribution in [0.25, 0.3) is 0 Å². The van der Waals surface area contributed by atoms with Gasteiger partial charge in [-0.05, 0) is 13.8 Å². The number of phosphoric acid groups is 3. The number of nitrogens with one attached hydrogen (secondary N) is 1. The molecule has 2 aliphatic rings. The van der Waals surface area contributed by atoms with Gasteiger partial charge >= 0.3 is 23.5 Å². The molecule has 0 saturated carbocycles. The zero-order valence-electron chi connectivity index (χ0n) is 17.1. The first-order chi connectivity index (χ1) is 15.1. The lowest BCUT2D eigenvalue weighted by Gasteiger charge is -2.37. The fourth-order valence-electron chi connectivity index (χ4n) is 3.08. The lowest BCUT2D eigenvalue weighted by atomic mass is 9.91. The van der Waals surface area contributed by atoms with Crippen LogP contribution in [0.4, 0.5) is 8.78 Å². The van der Waals surface area contributed by atoms with Crippen LogP contribution in [0.1, 0.15) is 13.8 Å². The number of carbonyl (C=O) groups is 1. The van der Waals surface area contributed by atoms with Crippen molar-refractivity contribution in [1.82, 2.24) is 10.2 Å². The van der Waals surface area contributed by atoms with Crippen molar-refractivity contribution < 1.29 is 69.8 Å². The summed E-state index contributed by atoms with van der Waals surface area (Å²) in [6.45, 7) is 3.86. The van der Waals surface area contributed by atoms with Crippen LogP contribution in [0.2, 0.25) is 0 Å². The highest BCUT2D eigenvalue weighted by atomic mass is 35.5. The third-order valence-electron chi connectivity index (χ3n) is 4.41. The van der Waals surface area contributed by atoms with E-state index in [1.807, 2.05) is 5.32 Å². The Bertz CT molecular complexity index is 1040. The quantitative estimate of drug-likeness (QED) is 0.165. The SMILES string of the molecule is C=C1NC(=O)C(F)=CN1[C@@H]1O[C@H](C(C)(C)OP(=O)(O)OP(=O)(O)OP(=O)(O)O)[C@H](O)C1(Cl)CF. The molecule has 0 aromatic rings. The predicted molar refractivity (Wildman–Crippen MR) is 107 cm³/mol. The van der Waals surface area contributed by atoms with Crippen LogP contribution >= 0.6 is 35.1 Å². The number of amides is 1. The lowest BCUT2D eigenvalue weighted by Crippen LogP contribution is -2.54. The van der Waals surface area contributed by atoms with Gasteiger partial charge in [-0.25, -0.2) is 18.1 Å². The summed E-state index contributed by atoms with van der Waals surface area (Å²) in [5.74, 6) is -2.85. The largest absolute Gasteiger partial charge is 0.490 e. The molecule has 21 heteroatoms. The molecule has 34 heavy (non-hydrogen) atoms. The van der Waals surface area contributed by atoms with Gasteiger partial charge in [0.2, 0.25) is 5.83 Å². The number of ether oxygens (including phenoxy) is 1. The number of hydrogen-bond acceptors (Lipinski definition) is 10. The first-order valence-electron chi connectivity index (χ1n) is 8.73. The maximum Gasteiger partial charge on any atom is 0.490 e. The van der Waals surface area contributed by atoms with Crippen LogP contribution in [0.5, 0.6) is 0 Å². The second-order valence-electron chi connectivity index (χ2n) is 7.49. The predicted octanol–water partition coefficient (Wildman–Crippen LogP) is 0.855. The Morgan fingerprint density at radius 2 is 1.82 bits per heavy atom. The van der Waals surface area contributed by atoms with E-state index < -0.39 is 70.8 Å². The van der Waals surface area contributed by atoms with Crippen molar-refractivity contribution in [1.29, 1.82) is 0 Å². The van der Waals surface area contributed by atoms with Gasteiger partial charge in [-0.15, -0.1) is 11.6 Å². The van der Waals surface area contributed by atoms with Gasteiger partial charge in [-0.2, -0.15) is 13.0 Å². The third-order valence-corrected chi connectivity index (χ3v) is 8.95. The molecule has 1 amide bonds. The summed E-state index contributed by atoms with van der Waals surface area (Å²) >= 11 is 6.20. The Labute approximate surface area is 195 Å². The Hall–Kier alpha value is -0.770. The second kappa shape index (κ2) is 9.60. The van der Waals surface area contributed by atoms with Crippen molar-refractivity contribution >= 4 is 41.0 Å². The highest BCUT2D eigenvalue weighted by molar-refractivity contribution is 7.66. The number of aliphatic hydroxyl groups excluding tert-OH is 1. The van der Waals surface area contributed by atoms with E-state index in [0.29, 0.717) is 6.20 Å². The van der Waals surface area contributed by atoms with Gasteiger partial charge in [-0.1, -0.05) is 6.58 Å². The summed E-state index contributed by atoms with van der Waals surface area (Å²) in [5, 5.41) is 12.7. The first kappa shape index (κ1) is 29.5. The minimum atomic E-state index is -5.85. The smallest absolute Gasteiger partial charge is 0.388 e. The van der Waals surface area contributed by atoms with Crippen LogP contribution in [0.3, 0.4) is 0 Å². The van der Waals surface area contributed by atoms with Crippen LogP contribution in [-0.4, -0.2) is 71.1 Å². The molecule has 0 aromatic heterocycles. The van der Waals surface area contributed by atoms with Gasteiger partial charge in [0.25, 0.3) is 5.91 Å². The topological polar surface area (TPSA) is 222 Å². The van der Waals surface area contributed by atoms with Crippen LogP contribution in [-0.2, 0) is 36.4 Å². The van der Waals surface area contributed by atoms with Gasteiger partial charge in [0.1, 0.15) is 35.2 Å². The van der Waals surface area contributed by atoms with E-state index in [9.17, 15) is 42.2 Å². The van der Waals surface area contributed by atoms with Crippen molar-refractivity contribution in [3.8, 4) is 0 Å². The van der Waals surface area contributed by atoms with E-state index in [1.54, 1.807) is 0 Å². The zero-order valence-corrected chi connectivity index (χ0v) is 20.6. The molecule has 2 aliphatic heterocycles. The van der Waals surface area contributed by atoms with Gasteiger partial charge < -0.3 is 39.6 Å². The van der Waals surface area contributed by atoms with Crippen molar-refractivity contribution in [3.05, 3.63) is 24.4 Å². The average Bonchev–Trinajstić information content (AvgIpc) is 2.87. The molecule has 196 valence electrons. The summed E-state index contributed by atoms with van der Waals surface area (Å²) in [7, 11) is -17.2. The molecule has 1 saturated heterocycles. The van der Waals surface area contributed by atoms with E-state index in [0.717, 1.165) is 18.7 Å².